The van der Waals surface area contributed by atoms with Crippen molar-refractivity contribution in [2.75, 3.05) is 12.1 Å². The van der Waals surface area contributed by atoms with Crippen molar-refractivity contribution in [3.8, 4) is 11.5 Å². The van der Waals surface area contributed by atoms with Crippen LogP contribution < -0.4 is 20.1 Å². The molecule has 2 N–H and O–H groups in total. The maximum Gasteiger partial charge on any atom is 0.288 e. The third-order valence-corrected chi connectivity index (χ3v) is 4.20. The lowest BCUT2D eigenvalue weighted by molar-refractivity contribution is 0.174. The van der Waals surface area contributed by atoms with Gasteiger partial charge in [-0.3, -0.25) is 0 Å². The Bertz CT molecular complexity index is 727. The van der Waals surface area contributed by atoms with E-state index in [9.17, 15) is 8.78 Å². The molecule has 1 aliphatic heterocycles. The Balaban J connectivity index is 1.50. The molecule has 24 heavy (non-hydrogen) atoms. The molecule has 8 heteroatoms. The van der Waals surface area contributed by atoms with Crippen LogP contribution in [0.1, 0.15) is 5.56 Å². The zero-order valence-electron chi connectivity index (χ0n) is 12.4. The van der Waals surface area contributed by atoms with E-state index in [4.69, 9.17) is 21.7 Å². The molecular formula is C16H14F2N2O2S2. The highest BCUT2D eigenvalue weighted by molar-refractivity contribution is 7.99. The van der Waals surface area contributed by atoms with Crippen LogP contribution in [0.15, 0.2) is 47.4 Å². The molecular weight excluding hydrogens is 354 g/mol. The lowest BCUT2D eigenvalue weighted by atomic mass is 10.2. The number of alkyl halides is 2. The topological polar surface area (TPSA) is 42.5 Å². The second-order valence-corrected chi connectivity index (χ2v) is 6.37. The van der Waals surface area contributed by atoms with Gasteiger partial charge in [-0.2, -0.15) is 8.78 Å². The Hall–Kier alpha value is -2.06. The molecule has 2 aromatic rings. The average Bonchev–Trinajstić information content (AvgIpc) is 3.02. The van der Waals surface area contributed by atoms with E-state index in [1.54, 1.807) is 24.3 Å². The van der Waals surface area contributed by atoms with Crippen molar-refractivity contribution in [3.05, 3.63) is 48.0 Å². The van der Waals surface area contributed by atoms with E-state index in [-0.39, 0.29) is 6.79 Å². The number of ether oxygens (including phenoxy) is 2. The van der Waals surface area contributed by atoms with Gasteiger partial charge in [0, 0.05) is 17.1 Å². The van der Waals surface area contributed by atoms with Crippen LogP contribution in [0, 0.1) is 0 Å². The normalized spacial score (nSPS) is 12.3. The van der Waals surface area contributed by atoms with E-state index >= 15 is 0 Å². The number of thioether (sulfide) groups is 1. The monoisotopic (exact) mass is 368 g/mol. The van der Waals surface area contributed by atoms with Gasteiger partial charge in [-0.15, -0.1) is 0 Å². The summed E-state index contributed by atoms with van der Waals surface area (Å²) in [5.74, 6) is -0.963. The van der Waals surface area contributed by atoms with E-state index in [0.29, 0.717) is 28.3 Å². The smallest absolute Gasteiger partial charge is 0.288 e. The number of benzene rings is 2. The first kappa shape index (κ1) is 16.8. The van der Waals surface area contributed by atoms with Crippen LogP contribution in [0.3, 0.4) is 0 Å². The van der Waals surface area contributed by atoms with Gasteiger partial charge in [-0.25, -0.2) is 0 Å². The molecule has 2 aromatic carbocycles. The Morgan fingerprint density at radius 1 is 1.12 bits per heavy atom. The highest BCUT2D eigenvalue weighted by atomic mass is 32.2. The van der Waals surface area contributed by atoms with Gasteiger partial charge in [0.25, 0.3) is 5.76 Å². The molecule has 0 aliphatic carbocycles. The second-order valence-electron chi connectivity index (χ2n) is 4.90. The number of halogens is 2. The highest BCUT2D eigenvalue weighted by Crippen LogP contribution is 2.32. The number of nitrogens with one attached hydrogen (secondary N) is 2. The minimum Gasteiger partial charge on any atom is -0.454 e. The fraction of sp³-hybridized carbons (Fsp3) is 0.188. The Labute approximate surface area is 147 Å². The molecule has 0 amide bonds. The number of hydrogen-bond donors (Lipinski definition) is 2. The van der Waals surface area contributed by atoms with Gasteiger partial charge in [0.1, 0.15) is 0 Å². The Morgan fingerprint density at radius 3 is 2.62 bits per heavy atom. The van der Waals surface area contributed by atoms with Crippen molar-refractivity contribution in [2.45, 2.75) is 17.2 Å². The van der Waals surface area contributed by atoms with Crippen LogP contribution in [-0.2, 0) is 6.54 Å². The molecule has 3 rings (SSSR count). The predicted octanol–water partition coefficient (Wildman–Crippen LogP) is 4.22. The van der Waals surface area contributed by atoms with Crippen LogP contribution in [0.5, 0.6) is 11.5 Å². The van der Waals surface area contributed by atoms with Crippen molar-refractivity contribution >= 4 is 34.8 Å². The second kappa shape index (κ2) is 7.67. The summed E-state index contributed by atoms with van der Waals surface area (Å²) >= 11 is 5.75. The van der Waals surface area contributed by atoms with Crippen LogP contribution in [0.4, 0.5) is 14.5 Å². The molecule has 0 bridgehead atoms. The number of rotatable bonds is 5. The lowest BCUT2D eigenvalue weighted by Gasteiger charge is -2.11. The molecule has 4 nitrogen and oxygen atoms in total. The molecule has 0 saturated heterocycles. The molecule has 0 unspecified atom stereocenters. The van der Waals surface area contributed by atoms with Crippen LogP contribution in [0.2, 0.25) is 0 Å². The summed E-state index contributed by atoms with van der Waals surface area (Å²) in [6.07, 6.45) is 0. The van der Waals surface area contributed by atoms with Gasteiger partial charge in [0.15, 0.2) is 16.6 Å². The van der Waals surface area contributed by atoms with Gasteiger partial charge in [-0.05, 0) is 54.2 Å². The van der Waals surface area contributed by atoms with Crippen molar-refractivity contribution in [1.29, 1.82) is 0 Å². The van der Waals surface area contributed by atoms with Gasteiger partial charge >= 0.3 is 0 Å². The first-order valence-electron chi connectivity index (χ1n) is 7.08. The maximum absolute atomic E-state index is 12.3. The summed E-state index contributed by atoms with van der Waals surface area (Å²) in [6.45, 7) is 0.772. The molecule has 0 spiro atoms. The molecule has 1 aliphatic rings. The SMILES string of the molecule is FC(F)Sc1ccc(NC(=S)NCc2ccc3c(c2)OCO3)cc1. The highest BCUT2D eigenvalue weighted by Gasteiger charge is 2.13. The van der Waals surface area contributed by atoms with Gasteiger partial charge in [0.2, 0.25) is 6.79 Å². The molecule has 0 atom stereocenters. The van der Waals surface area contributed by atoms with E-state index in [1.807, 2.05) is 18.2 Å². The number of thiocarbonyl (C=S) groups is 1. The quantitative estimate of drug-likeness (QED) is 0.609. The summed E-state index contributed by atoms with van der Waals surface area (Å²) < 4.78 is 35.1. The maximum atomic E-state index is 12.3. The van der Waals surface area contributed by atoms with Crippen LogP contribution in [-0.4, -0.2) is 17.7 Å². The number of fused-ring (bicyclic) bond motifs is 1. The van der Waals surface area contributed by atoms with Gasteiger partial charge in [-0.1, -0.05) is 17.8 Å². The van der Waals surface area contributed by atoms with Crippen molar-refractivity contribution < 1.29 is 18.3 Å². The minimum absolute atomic E-state index is 0.242. The van der Waals surface area contributed by atoms with Crippen molar-refractivity contribution in [3.63, 3.8) is 0 Å². The summed E-state index contributed by atoms with van der Waals surface area (Å²) in [4.78, 5) is 0.509. The predicted molar refractivity (Wildman–Crippen MR) is 93.9 cm³/mol. The Kier molecular flexibility index (Phi) is 5.37. The van der Waals surface area contributed by atoms with Gasteiger partial charge < -0.3 is 20.1 Å². The molecule has 1 heterocycles. The largest absolute Gasteiger partial charge is 0.454 e. The van der Waals surface area contributed by atoms with E-state index in [1.165, 1.54) is 0 Å². The number of hydrogen-bond acceptors (Lipinski definition) is 4. The zero-order chi connectivity index (χ0) is 16.9. The third kappa shape index (κ3) is 4.48. The van der Waals surface area contributed by atoms with E-state index < -0.39 is 5.76 Å². The third-order valence-electron chi connectivity index (χ3n) is 3.23. The first-order chi connectivity index (χ1) is 11.6. The van der Waals surface area contributed by atoms with E-state index in [2.05, 4.69) is 10.6 Å². The zero-order valence-corrected chi connectivity index (χ0v) is 14.1. The molecule has 0 radical (unpaired) electrons. The summed E-state index contributed by atoms with van der Waals surface area (Å²) in [5.41, 5.74) is 1.74. The molecule has 0 aromatic heterocycles. The first-order valence-corrected chi connectivity index (χ1v) is 8.37. The number of anilines is 1. The minimum atomic E-state index is -2.42. The molecule has 126 valence electrons. The van der Waals surface area contributed by atoms with Crippen molar-refractivity contribution in [1.82, 2.24) is 5.32 Å². The summed E-state index contributed by atoms with van der Waals surface area (Å²) in [5, 5.41) is 6.54. The summed E-state index contributed by atoms with van der Waals surface area (Å²) in [7, 11) is 0. The fourth-order valence-corrected chi connectivity index (χ4v) is 2.82. The van der Waals surface area contributed by atoms with Crippen LogP contribution in [0.25, 0.3) is 0 Å². The standard InChI is InChI=1S/C16H14F2N2O2S2/c17-15(18)24-12-4-2-11(3-5-12)20-16(23)19-8-10-1-6-13-14(7-10)22-9-21-13/h1-7,15H,8-9H2,(H2,19,20,23). The summed E-state index contributed by atoms with van der Waals surface area (Å²) in [6, 6.07) is 12.3. The molecule has 0 fully saturated rings. The van der Waals surface area contributed by atoms with Crippen LogP contribution >= 0.6 is 24.0 Å². The van der Waals surface area contributed by atoms with E-state index in [0.717, 1.165) is 22.7 Å². The Morgan fingerprint density at radius 2 is 1.88 bits per heavy atom. The van der Waals surface area contributed by atoms with Crippen molar-refractivity contribution in [2.24, 2.45) is 0 Å². The lowest BCUT2D eigenvalue weighted by Crippen LogP contribution is -2.27. The average molecular weight is 368 g/mol. The fourth-order valence-electron chi connectivity index (χ4n) is 2.13. The molecule has 0 saturated carbocycles. The van der Waals surface area contributed by atoms with Gasteiger partial charge in [0.05, 0.1) is 0 Å².